The van der Waals surface area contributed by atoms with E-state index in [2.05, 4.69) is 9.97 Å². The lowest BCUT2D eigenvalue weighted by Crippen LogP contribution is -2.24. The summed E-state index contributed by atoms with van der Waals surface area (Å²) >= 11 is 1.43. The summed E-state index contributed by atoms with van der Waals surface area (Å²) < 4.78 is 25.5. The van der Waals surface area contributed by atoms with E-state index in [1.165, 1.54) is 23.9 Å². The van der Waals surface area contributed by atoms with Crippen molar-refractivity contribution in [3.8, 4) is 11.5 Å². The molecule has 0 aliphatic rings. The monoisotopic (exact) mass is 425 g/mol. The Bertz CT molecular complexity index is 1200. The normalized spacial score (nSPS) is 11.3. The second-order valence-corrected chi connectivity index (χ2v) is 7.60. The molecule has 0 fully saturated rings. The molecule has 0 saturated heterocycles. The molecule has 0 atom stereocenters. The topological polar surface area (TPSA) is 70.2 Å². The van der Waals surface area contributed by atoms with Gasteiger partial charge in [0.15, 0.2) is 5.16 Å². The lowest BCUT2D eigenvalue weighted by Gasteiger charge is -2.12. The van der Waals surface area contributed by atoms with Gasteiger partial charge in [-0.3, -0.25) is 9.36 Å². The highest BCUT2D eigenvalue weighted by Gasteiger charge is 2.13. The van der Waals surface area contributed by atoms with E-state index in [1.54, 1.807) is 36.1 Å². The van der Waals surface area contributed by atoms with Crippen LogP contribution in [0.5, 0.6) is 0 Å². The van der Waals surface area contributed by atoms with Crippen LogP contribution < -0.4 is 5.56 Å². The number of ether oxygens (including phenoxy) is 1. The van der Waals surface area contributed by atoms with Crippen LogP contribution in [0.1, 0.15) is 12.1 Å². The number of benzene rings is 2. The highest BCUT2D eigenvalue weighted by Crippen LogP contribution is 2.25. The molecule has 0 aliphatic heterocycles. The van der Waals surface area contributed by atoms with Crippen molar-refractivity contribution in [3.63, 3.8) is 0 Å². The molecule has 8 heteroatoms. The molecule has 0 amide bonds. The number of hydrogen-bond acceptors (Lipinski definition) is 6. The first-order valence-electron chi connectivity index (χ1n) is 9.47. The molecule has 0 N–H and O–H groups in total. The highest BCUT2D eigenvalue weighted by molar-refractivity contribution is 7.98. The first-order valence-corrected chi connectivity index (χ1v) is 10.5. The summed E-state index contributed by atoms with van der Waals surface area (Å²) in [5.41, 5.74) is 2.02. The summed E-state index contributed by atoms with van der Waals surface area (Å²) in [6, 6.07) is 13.3. The van der Waals surface area contributed by atoms with E-state index in [9.17, 15) is 9.18 Å². The van der Waals surface area contributed by atoms with Crippen molar-refractivity contribution in [1.82, 2.24) is 14.5 Å². The van der Waals surface area contributed by atoms with E-state index >= 15 is 0 Å². The van der Waals surface area contributed by atoms with Crippen molar-refractivity contribution in [3.05, 3.63) is 76.7 Å². The molecule has 154 valence electrons. The van der Waals surface area contributed by atoms with E-state index in [4.69, 9.17) is 9.15 Å². The molecule has 0 bridgehead atoms. The number of hydrogen-bond donors (Lipinski definition) is 0. The fourth-order valence-corrected chi connectivity index (χ4v) is 3.96. The molecule has 4 aromatic rings. The van der Waals surface area contributed by atoms with Crippen molar-refractivity contribution < 1.29 is 13.5 Å². The molecule has 4 rings (SSSR count). The Kier molecular flexibility index (Phi) is 6.25. The molecule has 0 radical (unpaired) electrons. The highest BCUT2D eigenvalue weighted by atomic mass is 32.2. The van der Waals surface area contributed by atoms with Crippen LogP contribution in [0.2, 0.25) is 0 Å². The molecular weight excluding hydrogens is 405 g/mol. The molecule has 0 aliphatic carbocycles. The zero-order valence-corrected chi connectivity index (χ0v) is 17.2. The Labute approximate surface area is 176 Å². The van der Waals surface area contributed by atoms with Gasteiger partial charge in [0, 0.05) is 31.6 Å². The lowest BCUT2D eigenvalue weighted by molar-refractivity contribution is 0.189. The van der Waals surface area contributed by atoms with Crippen LogP contribution in [0, 0.1) is 5.82 Å². The van der Waals surface area contributed by atoms with Gasteiger partial charge < -0.3 is 9.15 Å². The molecule has 0 saturated carbocycles. The molecule has 30 heavy (non-hydrogen) atoms. The van der Waals surface area contributed by atoms with Crippen molar-refractivity contribution in [2.75, 3.05) is 13.7 Å². The van der Waals surface area contributed by atoms with Crippen molar-refractivity contribution >= 4 is 22.7 Å². The molecule has 0 unspecified atom stereocenters. The van der Waals surface area contributed by atoms with Gasteiger partial charge in [0.05, 0.1) is 16.6 Å². The Morgan fingerprint density at radius 2 is 1.93 bits per heavy atom. The SMILES string of the molecule is COCCCn1c(SCc2coc(-c3ccc(F)cc3)n2)nc2ccccc2c1=O. The van der Waals surface area contributed by atoms with Gasteiger partial charge in [-0.15, -0.1) is 0 Å². The van der Waals surface area contributed by atoms with E-state index in [-0.39, 0.29) is 11.4 Å². The number of methoxy groups -OCH3 is 1. The number of thioether (sulfide) groups is 1. The van der Waals surface area contributed by atoms with E-state index in [1.807, 2.05) is 18.2 Å². The van der Waals surface area contributed by atoms with Crippen LogP contribution in [0.25, 0.3) is 22.4 Å². The Balaban J connectivity index is 1.58. The third kappa shape index (κ3) is 4.44. The van der Waals surface area contributed by atoms with Crippen LogP contribution in [0.15, 0.2) is 69.2 Å². The molecular formula is C22H20FN3O3S. The average Bonchev–Trinajstić information content (AvgIpc) is 3.24. The zero-order chi connectivity index (χ0) is 20.9. The molecule has 0 spiro atoms. The summed E-state index contributed by atoms with van der Waals surface area (Å²) in [5.74, 6) is 0.601. The number of nitrogens with zero attached hydrogens (tertiary/aromatic N) is 3. The number of oxazole rings is 1. The maximum Gasteiger partial charge on any atom is 0.262 e. The smallest absolute Gasteiger partial charge is 0.262 e. The summed E-state index contributed by atoms with van der Waals surface area (Å²) in [4.78, 5) is 22.1. The van der Waals surface area contributed by atoms with Crippen LogP contribution in [0.3, 0.4) is 0 Å². The minimum atomic E-state index is -0.310. The van der Waals surface area contributed by atoms with Gasteiger partial charge in [0.25, 0.3) is 5.56 Å². The number of para-hydroxylation sites is 1. The fraction of sp³-hybridized carbons (Fsp3) is 0.227. The third-order valence-electron chi connectivity index (χ3n) is 4.55. The first-order chi connectivity index (χ1) is 14.7. The van der Waals surface area contributed by atoms with Gasteiger partial charge in [-0.05, 0) is 42.8 Å². The largest absolute Gasteiger partial charge is 0.444 e. The van der Waals surface area contributed by atoms with Crippen molar-refractivity contribution in [1.29, 1.82) is 0 Å². The molecule has 6 nitrogen and oxygen atoms in total. The van der Waals surface area contributed by atoms with Crippen molar-refractivity contribution in [2.45, 2.75) is 23.9 Å². The minimum absolute atomic E-state index is 0.0636. The van der Waals surface area contributed by atoms with Gasteiger partial charge >= 0.3 is 0 Å². The van der Waals surface area contributed by atoms with Crippen LogP contribution in [-0.2, 0) is 17.0 Å². The van der Waals surface area contributed by atoms with Gasteiger partial charge in [-0.25, -0.2) is 14.4 Å². The standard InChI is InChI=1S/C22H20FN3O3S/c1-28-12-4-11-26-21(27)18-5-2-3-6-19(18)25-22(26)30-14-17-13-29-20(24-17)15-7-9-16(23)10-8-15/h2-3,5-10,13H,4,11-12,14H2,1H3. The predicted molar refractivity (Wildman–Crippen MR) is 114 cm³/mol. The maximum absolute atomic E-state index is 13.1. The van der Waals surface area contributed by atoms with Gasteiger partial charge in [-0.2, -0.15) is 0 Å². The summed E-state index contributed by atoms with van der Waals surface area (Å²) in [5, 5.41) is 1.22. The number of halogens is 1. The third-order valence-corrected chi connectivity index (χ3v) is 5.56. The Hall–Kier alpha value is -2.97. The molecule has 2 aromatic carbocycles. The number of rotatable bonds is 8. The predicted octanol–water partition coefficient (Wildman–Crippen LogP) is 4.52. The minimum Gasteiger partial charge on any atom is -0.444 e. The molecule has 2 heterocycles. The van der Waals surface area contributed by atoms with E-state index < -0.39 is 0 Å². The average molecular weight is 425 g/mol. The number of aromatic nitrogens is 3. The van der Waals surface area contributed by atoms with Crippen molar-refractivity contribution in [2.24, 2.45) is 0 Å². The van der Waals surface area contributed by atoms with E-state index in [0.29, 0.717) is 58.5 Å². The lowest BCUT2D eigenvalue weighted by atomic mass is 10.2. The van der Waals surface area contributed by atoms with Crippen LogP contribution in [0.4, 0.5) is 4.39 Å². The van der Waals surface area contributed by atoms with Crippen LogP contribution >= 0.6 is 11.8 Å². The van der Waals surface area contributed by atoms with Gasteiger partial charge in [-0.1, -0.05) is 23.9 Å². The summed E-state index contributed by atoms with van der Waals surface area (Å²) in [6.07, 6.45) is 2.28. The molecule has 2 aromatic heterocycles. The first kappa shape index (κ1) is 20.3. The van der Waals surface area contributed by atoms with E-state index in [0.717, 1.165) is 0 Å². The Morgan fingerprint density at radius 3 is 2.73 bits per heavy atom. The maximum atomic E-state index is 13.1. The van der Waals surface area contributed by atoms with Crippen LogP contribution in [-0.4, -0.2) is 28.3 Å². The summed E-state index contributed by atoms with van der Waals surface area (Å²) in [6.45, 7) is 1.08. The second-order valence-electron chi connectivity index (χ2n) is 6.65. The fourth-order valence-electron chi connectivity index (χ4n) is 3.06. The number of fused-ring (bicyclic) bond motifs is 1. The summed E-state index contributed by atoms with van der Waals surface area (Å²) in [7, 11) is 1.64. The quantitative estimate of drug-likeness (QED) is 0.235. The van der Waals surface area contributed by atoms with Gasteiger partial charge in [0.1, 0.15) is 12.1 Å². The van der Waals surface area contributed by atoms with Gasteiger partial charge in [0.2, 0.25) is 5.89 Å². The second kappa shape index (κ2) is 9.23. The Morgan fingerprint density at radius 1 is 1.13 bits per heavy atom. The zero-order valence-electron chi connectivity index (χ0n) is 16.4.